The Balaban J connectivity index is 2.03. The predicted molar refractivity (Wildman–Crippen MR) is 87.1 cm³/mol. The van der Waals surface area contributed by atoms with Crippen molar-refractivity contribution in [3.05, 3.63) is 18.2 Å². The molecule has 130 valence electrons. The molecule has 1 saturated heterocycles. The predicted octanol–water partition coefficient (Wildman–Crippen LogP) is 1.64. The first-order valence-electron chi connectivity index (χ1n) is 7.92. The van der Waals surface area contributed by atoms with Crippen molar-refractivity contribution in [2.24, 2.45) is 0 Å². The fraction of sp³-hybridized carbons (Fsp3) is 0.533. The molecule has 9 heteroatoms. The molecule has 1 aromatic heterocycles. The number of hydrogen-bond acceptors (Lipinski definition) is 5. The number of sulfonamides is 1. The number of aliphatic carboxylic acids is 1. The molecular weight excluding hydrogens is 332 g/mol. The van der Waals surface area contributed by atoms with Crippen LogP contribution in [0, 0.1) is 0 Å². The minimum Gasteiger partial charge on any atom is -0.480 e. The number of benzene rings is 1. The standard InChI is InChI=1S/C15H20N4O4S/c1-10(2)19-13-7-6-11(9-12(13)16-17-19)24(22,23)18-8-4-3-5-14(18)15(20)21/h6-7,9-10,14H,3-5,8H2,1-2H3,(H,20,21). The van der Waals surface area contributed by atoms with Crippen LogP contribution in [-0.4, -0.2) is 51.4 Å². The minimum absolute atomic E-state index is 0.0546. The van der Waals surface area contributed by atoms with Gasteiger partial charge < -0.3 is 5.11 Å². The summed E-state index contributed by atoms with van der Waals surface area (Å²) in [6.07, 6.45) is 1.71. The number of rotatable bonds is 4. The third-order valence-corrected chi connectivity index (χ3v) is 6.18. The van der Waals surface area contributed by atoms with Crippen LogP contribution in [0.15, 0.2) is 23.1 Å². The van der Waals surface area contributed by atoms with Gasteiger partial charge in [-0.15, -0.1) is 5.10 Å². The summed E-state index contributed by atoms with van der Waals surface area (Å²) in [5, 5.41) is 17.4. The fourth-order valence-corrected chi connectivity index (χ4v) is 4.71. The molecule has 1 aliphatic heterocycles. The van der Waals surface area contributed by atoms with E-state index in [0.29, 0.717) is 24.8 Å². The maximum absolute atomic E-state index is 12.9. The van der Waals surface area contributed by atoms with Gasteiger partial charge in [0.25, 0.3) is 0 Å². The van der Waals surface area contributed by atoms with Gasteiger partial charge in [0.15, 0.2) is 0 Å². The van der Waals surface area contributed by atoms with E-state index in [9.17, 15) is 18.3 Å². The van der Waals surface area contributed by atoms with Crippen LogP contribution in [0.5, 0.6) is 0 Å². The van der Waals surface area contributed by atoms with E-state index in [1.54, 1.807) is 10.7 Å². The number of fused-ring (bicyclic) bond motifs is 1. The Morgan fingerprint density at radius 3 is 2.75 bits per heavy atom. The summed E-state index contributed by atoms with van der Waals surface area (Å²) in [4.78, 5) is 11.5. The number of carbonyl (C=O) groups is 1. The topological polar surface area (TPSA) is 105 Å². The zero-order valence-electron chi connectivity index (χ0n) is 13.6. The Kier molecular flexibility index (Phi) is 4.31. The molecule has 1 atom stereocenters. The zero-order valence-corrected chi connectivity index (χ0v) is 14.4. The molecule has 1 N–H and O–H groups in total. The van der Waals surface area contributed by atoms with E-state index < -0.39 is 22.0 Å². The lowest BCUT2D eigenvalue weighted by Gasteiger charge is -2.31. The fourth-order valence-electron chi connectivity index (χ4n) is 3.04. The summed E-state index contributed by atoms with van der Waals surface area (Å²) in [5.74, 6) is -1.11. The molecular formula is C15H20N4O4S. The molecule has 24 heavy (non-hydrogen) atoms. The highest BCUT2D eigenvalue weighted by Crippen LogP contribution is 2.27. The first-order valence-corrected chi connectivity index (χ1v) is 9.36. The lowest BCUT2D eigenvalue weighted by Crippen LogP contribution is -2.47. The maximum Gasteiger partial charge on any atom is 0.322 e. The summed E-state index contributed by atoms with van der Waals surface area (Å²) >= 11 is 0. The Morgan fingerprint density at radius 2 is 2.08 bits per heavy atom. The van der Waals surface area contributed by atoms with Gasteiger partial charge in [0.05, 0.1) is 10.4 Å². The van der Waals surface area contributed by atoms with E-state index in [4.69, 9.17) is 0 Å². The summed E-state index contributed by atoms with van der Waals surface area (Å²) < 4.78 is 28.6. The van der Waals surface area contributed by atoms with Crippen molar-refractivity contribution in [3.8, 4) is 0 Å². The highest BCUT2D eigenvalue weighted by Gasteiger charge is 2.37. The van der Waals surface area contributed by atoms with Gasteiger partial charge in [-0.3, -0.25) is 4.79 Å². The minimum atomic E-state index is -3.88. The second-order valence-electron chi connectivity index (χ2n) is 6.24. The van der Waals surface area contributed by atoms with Gasteiger partial charge in [0.2, 0.25) is 10.0 Å². The van der Waals surface area contributed by atoms with E-state index in [2.05, 4.69) is 10.3 Å². The van der Waals surface area contributed by atoms with Gasteiger partial charge in [-0.1, -0.05) is 5.21 Å². The smallest absolute Gasteiger partial charge is 0.322 e. The summed E-state index contributed by atoms with van der Waals surface area (Å²) in [7, 11) is -3.88. The maximum atomic E-state index is 12.9. The van der Waals surface area contributed by atoms with Crippen LogP contribution < -0.4 is 0 Å². The molecule has 0 aliphatic carbocycles. The molecule has 0 spiro atoms. The van der Waals surface area contributed by atoms with Gasteiger partial charge in [-0.2, -0.15) is 4.31 Å². The van der Waals surface area contributed by atoms with E-state index in [1.807, 2.05) is 13.8 Å². The lowest BCUT2D eigenvalue weighted by atomic mass is 10.1. The molecule has 2 aromatic rings. The third kappa shape index (κ3) is 2.78. The van der Waals surface area contributed by atoms with Crippen molar-refractivity contribution < 1.29 is 18.3 Å². The van der Waals surface area contributed by atoms with Gasteiger partial charge in [0, 0.05) is 12.6 Å². The van der Waals surface area contributed by atoms with E-state index >= 15 is 0 Å². The number of carboxylic acids is 1. The van der Waals surface area contributed by atoms with Crippen LogP contribution in [-0.2, 0) is 14.8 Å². The summed E-state index contributed by atoms with van der Waals surface area (Å²) in [6, 6.07) is 3.72. The van der Waals surface area contributed by atoms with Crippen molar-refractivity contribution in [3.63, 3.8) is 0 Å². The summed E-state index contributed by atoms with van der Waals surface area (Å²) in [6.45, 7) is 4.14. The molecule has 0 saturated carbocycles. The van der Waals surface area contributed by atoms with E-state index in [1.165, 1.54) is 12.1 Å². The Hall–Kier alpha value is -2.00. The normalized spacial score (nSPS) is 19.9. The highest BCUT2D eigenvalue weighted by molar-refractivity contribution is 7.89. The first kappa shape index (κ1) is 16.8. The van der Waals surface area contributed by atoms with Crippen LogP contribution in [0.2, 0.25) is 0 Å². The lowest BCUT2D eigenvalue weighted by molar-refractivity contribution is -0.142. The number of aromatic nitrogens is 3. The van der Waals surface area contributed by atoms with Crippen LogP contribution in [0.4, 0.5) is 0 Å². The van der Waals surface area contributed by atoms with Gasteiger partial charge >= 0.3 is 5.97 Å². The number of piperidine rings is 1. The molecule has 1 aromatic carbocycles. The molecule has 1 fully saturated rings. The Bertz CT molecular complexity index is 875. The second kappa shape index (κ2) is 6.14. The third-order valence-electron chi connectivity index (χ3n) is 4.28. The monoisotopic (exact) mass is 352 g/mol. The van der Waals surface area contributed by atoms with Gasteiger partial charge in [0.1, 0.15) is 11.6 Å². The molecule has 3 rings (SSSR count). The zero-order chi connectivity index (χ0) is 17.5. The Labute approximate surface area is 140 Å². The molecule has 8 nitrogen and oxygen atoms in total. The van der Waals surface area contributed by atoms with E-state index in [0.717, 1.165) is 9.82 Å². The molecule has 1 unspecified atom stereocenters. The number of carboxylic acid groups (broad SMARTS) is 1. The average molecular weight is 352 g/mol. The van der Waals surface area contributed by atoms with E-state index in [-0.39, 0.29) is 17.5 Å². The molecule has 1 aliphatic rings. The highest BCUT2D eigenvalue weighted by atomic mass is 32.2. The molecule has 0 amide bonds. The number of hydrogen-bond donors (Lipinski definition) is 1. The van der Waals surface area contributed by atoms with Crippen molar-refractivity contribution in [1.82, 2.24) is 19.3 Å². The second-order valence-corrected chi connectivity index (χ2v) is 8.13. The van der Waals surface area contributed by atoms with Crippen LogP contribution in [0.1, 0.15) is 39.2 Å². The number of nitrogens with zero attached hydrogens (tertiary/aromatic N) is 4. The summed E-state index contributed by atoms with van der Waals surface area (Å²) in [5.41, 5.74) is 1.23. The quantitative estimate of drug-likeness (QED) is 0.897. The van der Waals surface area contributed by atoms with Crippen LogP contribution >= 0.6 is 0 Å². The molecule has 0 radical (unpaired) electrons. The van der Waals surface area contributed by atoms with Crippen molar-refractivity contribution in [2.45, 2.75) is 50.1 Å². The largest absolute Gasteiger partial charge is 0.480 e. The average Bonchev–Trinajstić information content (AvgIpc) is 2.98. The van der Waals surface area contributed by atoms with Gasteiger partial charge in [-0.05, 0) is 51.3 Å². The van der Waals surface area contributed by atoms with Crippen LogP contribution in [0.25, 0.3) is 11.0 Å². The Morgan fingerprint density at radius 1 is 1.33 bits per heavy atom. The molecule has 2 heterocycles. The van der Waals surface area contributed by atoms with Crippen LogP contribution in [0.3, 0.4) is 0 Å². The SMILES string of the molecule is CC(C)n1nnc2cc(S(=O)(=O)N3CCCCC3C(=O)O)ccc21. The first-order chi connectivity index (χ1) is 11.3. The van der Waals surface area contributed by atoms with Crippen molar-refractivity contribution >= 4 is 27.0 Å². The van der Waals surface area contributed by atoms with Crippen molar-refractivity contribution in [1.29, 1.82) is 0 Å². The van der Waals surface area contributed by atoms with Gasteiger partial charge in [-0.25, -0.2) is 13.1 Å². The van der Waals surface area contributed by atoms with Crippen molar-refractivity contribution in [2.75, 3.05) is 6.54 Å². The molecule has 0 bridgehead atoms.